The highest BCUT2D eigenvalue weighted by molar-refractivity contribution is 6.37. The van der Waals surface area contributed by atoms with E-state index in [1.807, 2.05) is 6.92 Å². The molecular weight excluding hydrogens is 273 g/mol. The molecule has 0 aliphatic rings. The van der Waals surface area contributed by atoms with Crippen molar-refractivity contribution in [2.24, 2.45) is 0 Å². The summed E-state index contributed by atoms with van der Waals surface area (Å²) in [4.78, 5) is 11.6. The number of hydrogen-bond donors (Lipinski definition) is 2. The van der Waals surface area contributed by atoms with Gasteiger partial charge in [0, 0.05) is 34.3 Å². The van der Waals surface area contributed by atoms with Crippen LogP contribution in [0.2, 0.25) is 10.0 Å². The molecule has 1 aromatic rings. The van der Waals surface area contributed by atoms with E-state index >= 15 is 0 Å². The molecule has 0 spiro atoms. The summed E-state index contributed by atoms with van der Waals surface area (Å²) in [6, 6.07) is 5.08. The number of benzene rings is 1. The monoisotopic (exact) mass is 287 g/mol. The van der Waals surface area contributed by atoms with E-state index in [2.05, 4.69) is 5.32 Å². The molecule has 1 aromatic carbocycles. The second kappa shape index (κ2) is 7.41. The van der Waals surface area contributed by atoms with Crippen molar-refractivity contribution in [2.75, 3.05) is 6.61 Å². The van der Waals surface area contributed by atoms with Crippen molar-refractivity contribution in [3.63, 3.8) is 0 Å². The van der Waals surface area contributed by atoms with Gasteiger partial charge in [-0.2, -0.15) is 0 Å². The Kier molecular flexibility index (Phi) is 6.19. The second-order valence-corrected chi connectivity index (χ2v) is 4.70. The predicted octanol–water partition coefficient (Wildman–Crippen LogP) is 2.89. The Bertz CT molecular complexity index is 426. The van der Waals surface area contributed by atoms with E-state index in [1.165, 1.54) is 6.08 Å². The molecule has 5 heteroatoms. The number of halogens is 2. The molecule has 1 amide bonds. The molecule has 18 heavy (non-hydrogen) atoms. The van der Waals surface area contributed by atoms with Gasteiger partial charge in [-0.1, -0.05) is 29.3 Å². The maximum absolute atomic E-state index is 11.6. The minimum atomic E-state index is -0.244. The van der Waals surface area contributed by atoms with Crippen LogP contribution in [-0.2, 0) is 4.79 Å². The number of rotatable bonds is 5. The van der Waals surface area contributed by atoms with Crippen molar-refractivity contribution in [3.8, 4) is 0 Å². The zero-order valence-electron chi connectivity index (χ0n) is 9.99. The van der Waals surface area contributed by atoms with Gasteiger partial charge >= 0.3 is 0 Å². The summed E-state index contributed by atoms with van der Waals surface area (Å²) in [5.74, 6) is -0.244. The molecule has 1 unspecified atom stereocenters. The SMILES string of the molecule is CC(CCO)NC(=O)/C=C/c1c(Cl)cccc1Cl. The van der Waals surface area contributed by atoms with Crippen molar-refractivity contribution >= 4 is 35.2 Å². The number of amides is 1. The maximum Gasteiger partial charge on any atom is 0.244 e. The van der Waals surface area contributed by atoms with E-state index in [0.29, 0.717) is 22.0 Å². The third-order valence-corrected chi connectivity index (χ3v) is 3.01. The van der Waals surface area contributed by atoms with Gasteiger partial charge in [-0.3, -0.25) is 4.79 Å². The van der Waals surface area contributed by atoms with Crippen LogP contribution in [-0.4, -0.2) is 23.7 Å². The highest BCUT2D eigenvalue weighted by atomic mass is 35.5. The molecule has 0 aliphatic heterocycles. The molecule has 0 radical (unpaired) electrons. The zero-order valence-corrected chi connectivity index (χ0v) is 11.5. The fourth-order valence-electron chi connectivity index (χ4n) is 1.39. The average molecular weight is 288 g/mol. The van der Waals surface area contributed by atoms with Crippen LogP contribution in [0.1, 0.15) is 18.9 Å². The normalized spacial score (nSPS) is 12.7. The molecule has 0 bridgehead atoms. The maximum atomic E-state index is 11.6. The zero-order chi connectivity index (χ0) is 13.5. The lowest BCUT2D eigenvalue weighted by Crippen LogP contribution is -2.31. The van der Waals surface area contributed by atoms with E-state index in [0.717, 1.165) is 0 Å². The Hall–Kier alpha value is -1.03. The first-order chi connectivity index (χ1) is 8.54. The third-order valence-electron chi connectivity index (χ3n) is 2.35. The van der Waals surface area contributed by atoms with E-state index in [1.54, 1.807) is 24.3 Å². The van der Waals surface area contributed by atoms with Crippen LogP contribution in [0.15, 0.2) is 24.3 Å². The van der Waals surface area contributed by atoms with Crippen LogP contribution < -0.4 is 5.32 Å². The highest BCUT2D eigenvalue weighted by Crippen LogP contribution is 2.25. The summed E-state index contributed by atoms with van der Waals surface area (Å²) >= 11 is 11.9. The van der Waals surface area contributed by atoms with Crippen LogP contribution in [0.3, 0.4) is 0 Å². The van der Waals surface area contributed by atoms with Crippen molar-refractivity contribution in [3.05, 3.63) is 39.9 Å². The molecule has 0 fully saturated rings. The van der Waals surface area contributed by atoms with Gasteiger partial charge in [-0.15, -0.1) is 0 Å². The molecule has 0 aromatic heterocycles. The van der Waals surface area contributed by atoms with E-state index in [9.17, 15) is 4.79 Å². The molecular formula is C13H15Cl2NO2. The predicted molar refractivity (Wildman–Crippen MR) is 74.8 cm³/mol. The van der Waals surface area contributed by atoms with Gasteiger partial charge in [0.2, 0.25) is 5.91 Å². The van der Waals surface area contributed by atoms with Gasteiger partial charge in [-0.25, -0.2) is 0 Å². The fourth-order valence-corrected chi connectivity index (χ4v) is 1.91. The fraction of sp³-hybridized carbons (Fsp3) is 0.308. The molecule has 2 N–H and O–H groups in total. The quantitative estimate of drug-likeness (QED) is 0.818. The lowest BCUT2D eigenvalue weighted by molar-refractivity contribution is -0.117. The lowest BCUT2D eigenvalue weighted by Gasteiger charge is -2.10. The van der Waals surface area contributed by atoms with Gasteiger partial charge in [0.05, 0.1) is 0 Å². The summed E-state index contributed by atoms with van der Waals surface area (Å²) in [5.41, 5.74) is 0.616. The van der Waals surface area contributed by atoms with Gasteiger partial charge in [0.15, 0.2) is 0 Å². The number of aliphatic hydroxyl groups excluding tert-OH is 1. The molecule has 0 aliphatic carbocycles. The van der Waals surface area contributed by atoms with Crippen LogP contribution in [0.25, 0.3) is 6.08 Å². The largest absolute Gasteiger partial charge is 0.396 e. The number of hydrogen-bond acceptors (Lipinski definition) is 2. The van der Waals surface area contributed by atoms with Crippen LogP contribution >= 0.6 is 23.2 Å². The van der Waals surface area contributed by atoms with Crippen LogP contribution in [0, 0.1) is 0 Å². The van der Waals surface area contributed by atoms with E-state index < -0.39 is 0 Å². The van der Waals surface area contributed by atoms with E-state index in [-0.39, 0.29) is 18.6 Å². The summed E-state index contributed by atoms with van der Waals surface area (Å²) < 4.78 is 0. The van der Waals surface area contributed by atoms with Crippen LogP contribution in [0.5, 0.6) is 0 Å². The summed E-state index contributed by atoms with van der Waals surface area (Å²) in [5, 5.41) is 12.4. The van der Waals surface area contributed by atoms with Gasteiger partial charge in [0.1, 0.15) is 0 Å². The van der Waals surface area contributed by atoms with Gasteiger partial charge < -0.3 is 10.4 Å². The second-order valence-electron chi connectivity index (χ2n) is 3.89. The standard InChI is InChI=1S/C13H15Cl2NO2/c1-9(7-8-17)16-13(18)6-5-10-11(14)3-2-4-12(10)15/h2-6,9,17H,7-8H2,1H3,(H,16,18)/b6-5+. The number of carbonyl (C=O) groups is 1. The van der Waals surface area contributed by atoms with Gasteiger partial charge in [-0.05, 0) is 31.6 Å². The van der Waals surface area contributed by atoms with Crippen LogP contribution in [0.4, 0.5) is 0 Å². The Morgan fingerprint density at radius 3 is 2.61 bits per heavy atom. The number of carbonyl (C=O) groups excluding carboxylic acids is 1. The summed E-state index contributed by atoms with van der Waals surface area (Å²) in [6.07, 6.45) is 3.47. The smallest absolute Gasteiger partial charge is 0.244 e. The van der Waals surface area contributed by atoms with Crippen molar-refractivity contribution in [1.82, 2.24) is 5.32 Å². The molecule has 0 saturated heterocycles. The average Bonchev–Trinajstić information content (AvgIpc) is 2.28. The summed E-state index contributed by atoms with van der Waals surface area (Å²) in [7, 11) is 0. The molecule has 1 rings (SSSR count). The first kappa shape index (κ1) is 15.0. The van der Waals surface area contributed by atoms with Crippen molar-refractivity contribution < 1.29 is 9.90 Å². The van der Waals surface area contributed by atoms with Crippen molar-refractivity contribution in [1.29, 1.82) is 0 Å². The molecule has 1 atom stereocenters. The Balaban J connectivity index is 2.66. The van der Waals surface area contributed by atoms with Crippen molar-refractivity contribution in [2.45, 2.75) is 19.4 Å². The van der Waals surface area contributed by atoms with Gasteiger partial charge in [0.25, 0.3) is 0 Å². The minimum Gasteiger partial charge on any atom is -0.396 e. The Morgan fingerprint density at radius 1 is 1.44 bits per heavy atom. The number of aliphatic hydroxyl groups is 1. The highest BCUT2D eigenvalue weighted by Gasteiger charge is 2.05. The third kappa shape index (κ3) is 4.69. The number of nitrogens with one attached hydrogen (secondary N) is 1. The topological polar surface area (TPSA) is 49.3 Å². The lowest BCUT2D eigenvalue weighted by atomic mass is 10.2. The molecule has 98 valence electrons. The summed E-state index contributed by atoms with van der Waals surface area (Å²) in [6.45, 7) is 1.87. The molecule has 0 saturated carbocycles. The Labute approximate surface area is 116 Å². The molecule has 0 heterocycles. The first-order valence-electron chi connectivity index (χ1n) is 5.58. The molecule has 3 nitrogen and oxygen atoms in total. The van der Waals surface area contributed by atoms with E-state index in [4.69, 9.17) is 28.3 Å². The minimum absolute atomic E-state index is 0.0432. The Morgan fingerprint density at radius 2 is 2.06 bits per heavy atom. The first-order valence-corrected chi connectivity index (χ1v) is 6.33.